The van der Waals surface area contributed by atoms with E-state index in [9.17, 15) is 4.79 Å². The zero-order valence-corrected chi connectivity index (χ0v) is 10.5. The summed E-state index contributed by atoms with van der Waals surface area (Å²) in [5, 5.41) is 7.36. The monoisotopic (exact) mass is 255 g/mol. The molecule has 0 aromatic heterocycles. The topological polar surface area (TPSA) is 62.7 Å². The number of carbonyl (C=O) groups is 1. The van der Waals surface area contributed by atoms with Crippen molar-refractivity contribution in [3.8, 4) is 0 Å². The molecule has 3 aliphatic heterocycles. The van der Waals surface area contributed by atoms with Gasteiger partial charge in [0.1, 0.15) is 0 Å². The van der Waals surface area contributed by atoms with Crippen LogP contribution in [-0.2, 0) is 9.53 Å². The molecular formula is C11H17N3O2S. The van der Waals surface area contributed by atoms with Gasteiger partial charge in [0.05, 0.1) is 18.0 Å². The second-order valence-corrected chi connectivity index (χ2v) is 5.87. The first-order chi connectivity index (χ1) is 8.26. The highest BCUT2D eigenvalue weighted by Crippen LogP contribution is 2.32. The van der Waals surface area contributed by atoms with Gasteiger partial charge < -0.3 is 15.4 Å². The van der Waals surface area contributed by atoms with Crippen molar-refractivity contribution >= 4 is 22.8 Å². The van der Waals surface area contributed by atoms with E-state index in [1.165, 1.54) is 0 Å². The third kappa shape index (κ3) is 2.42. The van der Waals surface area contributed by atoms with Gasteiger partial charge in [-0.05, 0) is 12.8 Å². The third-order valence-electron chi connectivity index (χ3n) is 3.56. The number of carbonyl (C=O) groups excluding carboxylic acids is 1. The van der Waals surface area contributed by atoms with Gasteiger partial charge >= 0.3 is 0 Å². The van der Waals surface area contributed by atoms with Crippen LogP contribution in [0.2, 0.25) is 0 Å². The molecule has 1 atom stereocenters. The number of nitrogens with one attached hydrogen (secondary N) is 2. The van der Waals surface area contributed by atoms with Gasteiger partial charge in [-0.1, -0.05) is 11.8 Å². The zero-order valence-electron chi connectivity index (χ0n) is 9.70. The SMILES string of the molecule is O=C1CC(N=C2NC3(CCOCC3)CS2)CN1. The van der Waals surface area contributed by atoms with Crippen LogP contribution in [0, 0.1) is 0 Å². The highest BCUT2D eigenvalue weighted by Gasteiger charge is 2.39. The first kappa shape index (κ1) is 11.3. The van der Waals surface area contributed by atoms with Gasteiger partial charge in [-0.2, -0.15) is 0 Å². The average molecular weight is 255 g/mol. The van der Waals surface area contributed by atoms with E-state index in [0.29, 0.717) is 13.0 Å². The molecule has 1 spiro atoms. The molecule has 1 amide bonds. The number of amidine groups is 1. The Bertz CT molecular complexity index is 353. The van der Waals surface area contributed by atoms with Gasteiger partial charge in [0, 0.05) is 25.5 Å². The van der Waals surface area contributed by atoms with Crippen LogP contribution in [0.3, 0.4) is 0 Å². The number of hydrogen-bond donors (Lipinski definition) is 2. The fourth-order valence-corrected chi connectivity index (χ4v) is 3.74. The van der Waals surface area contributed by atoms with Crippen LogP contribution in [-0.4, -0.2) is 48.2 Å². The lowest BCUT2D eigenvalue weighted by Gasteiger charge is -2.32. The summed E-state index contributed by atoms with van der Waals surface area (Å²) in [6.45, 7) is 2.36. The third-order valence-corrected chi connectivity index (χ3v) is 4.74. The maximum Gasteiger partial charge on any atom is 0.222 e. The molecule has 0 saturated carbocycles. The molecule has 3 saturated heterocycles. The van der Waals surface area contributed by atoms with Gasteiger partial charge in [0.2, 0.25) is 5.91 Å². The van der Waals surface area contributed by atoms with Crippen LogP contribution < -0.4 is 10.6 Å². The van der Waals surface area contributed by atoms with Crippen LogP contribution in [0.15, 0.2) is 4.99 Å². The van der Waals surface area contributed by atoms with Gasteiger partial charge in [0.15, 0.2) is 5.17 Å². The summed E-state index contributed by atoms with van der Waals surface area (Å²) in [6, 6.07) is 0.118. The van der Waals surface area contributed by atoms with Crippen LogP contribution in [0.4, 0.5) is 0 Å². The molecule has 3 aliphatic rings. The van der Waals surface area contributed by atoms with Crippen LogP contribution in [0.25, 0.3) is 0 Å². The molecular weight excluding hydrogens is 238 g/mol. The standard InChI is InChI=1S/C11H17N3O2S/c15-9-5-8(6-12-9)13-10-14-11(7-17-10)1-3-16-4-2-11/h8H,1-7H2,(H,12,15)(H,13,14). The fraction of sp³-hybridized carbons (Fsp3) is 0.818. The maximum absolute atomic E-state index is 11.1. The largest absolute Gasteiger partial charge is 0.381 e. The quantitative estimate of drug-likeness (QED) is 0.698. The van der Waals surface area contributed by atoms with Gasteiger partial charge in [0.25, 0.3) is 0 Å². The lowest BCUT2D eigenvalue weighted by molar-refractivity contribution is -0.119. The van der Waals surface area contributed by atoms with E-state index >= 15 is 0 Å². The van der Waals surface area contributed by atoms with Crippen molar-refractivity contribution in [3.05, 3.63) is 0 Å². The van der Waals surface area contributed by atoms with E-state index in [2.05, 4.69) is 15.6 Å². The van der Waals surface area contributed by atoms with Crippen molar-refractivity contribution < 1.29 is 9.53 Å². The smallest absolute Gasteiger partial charge is 0.222 e. The minimum atomic E-state index is 0.114. The minimum Gasteiger partial charge on any atom is -0.381 e. The number of rotatable bonds is 1. The lowest BCUT2D eigenvalue weighted by atomic mass is 9.93. The molecule has 0 aromatic carbocycles. The van der Waals surface area contributed by atoms with E-state index in [4.69, 9.17) is 4.74 Å². The number of nitrogens with zero attached hydrogens (tertiary/aromatic N) is 1. The molecule has 0 aliphatic carbocycles. The highest BCUT2D eigenvalue weighted by atomic mass is 32.2. The van der Waals surface area contributed by atoms with Crippen molar-refractivity contribution in [1.82, 2.24) is 10.6 Å². The lowest BCUT2D eigenvalue weighted by Crippen LogP contribution is -2.48. The molecule has 94 valence electrons. The number of amides is 1. The normalized spacial score (nSPS) is 34.0. The first-order valence-corrected chi connectivity index (χ1v) is 7.08. The number of hydrogen-bond acceptors (Lipinski definition) is 4. The number of ether oxygens (including phenoxy) is 1. The Labute approximate surface area is 105 Å². The summed E-state index contributed by atoms with van der Waals surface area (Å²) in [6.07, 6.45) is 2.64. The van der Waals surface area contributed by atoms with Crippen molar-refractivity contribution in [2.24, 2.45) is 4.99 Å². The van der Waals surface area contributed by atoms with Crippen LogP contribution >= 0.6 is 11.8 Å². The van der Waals surface area contributed by atoms with Crippen molar-refractivity contribution in [1.29, 1.82) is 0 Å². The summed E-state index contributed by atoms with van der Waals surface area (Å²) >= 11 is 1.78. The second-order valence-electron chi connectivity index (χ2n) is 4.90. The summed E-state index contributed by atoms with van der Waals surface area (Å²) < 4.78 is 5.40. The maximum atomic E-state index is 11.1. The second kappa shape index (κ2) is 4.49. The van der Waals surface area contributed by atoms with Gasteiger partial charge in [-0.15, -0.1) is 0 Å². The zero-order chi connectivity index (χ0) is 11.7. The molecule has 0 bridgehead atoms. The van der Waals surface area contributed by atoms with Crippen LogP contribution in [0.5, 0.6) is 0 Å². The Morgan fingerprint density at radius 1 is 1.41 bits per heavy atom. The highest BCUT2D eigenvalue weighted by molar-refractivity contribution is 8.14. The molecule has 2 N–H and O–H groups in total. The predicted molar refractivity (Wildman–Crippen MR) is 67.2 cm³/mol. The minimum absolute atomic E-state index is 0.114. The molecule has 1 unspecified atom stereocenters. The van der Waals surface area contributed by atoms with Crippen molar-refractivity contribution in [2.45, 2.75) is 30.8 Å². The molecule has 3 heterocycles. The Morgan fingerprint density at radius 2 is 2.24 bits per heavy atom. The fourth-order valence-electron chi connectivity index (χ4n) is 2.45. The first-order valence-electron chi connectivity index (χ1n) is 6.09. The number of aliphatic imine (C=N–C) groups is 1. The molecule has 0 radical (unpaired) electrons. The molecule has 3 fully saturated rings. The average Bonchev–Trinajstić information content (AvgIpc) is 2.89. The van der Waals surface area contributed by atoms with Crippen molar-refractivity contribution in [2.75, 3.05) is 25.5 Å². The Kier molecular flexibility index (Phi) is 3.00. The van der Waals surface area contributed by atoms with E-state index in [-0.39, 0.29) is 17.5 Å². The summed E-state index contributed by atoms with van der Waals surface area (Å²) in [4.78, 5) is 15.7. The summed E-state index contributed by atoms with van der Waals surface area (Å²) in [5.41, 5.74) is 0.192. The van der Waals surface area contributed by atoms with Crippen LogP contribution in [0.1, 0.15) is 19.3 Å². The Hall–Kier alpha value is -0.750. The van der Waals surface area contributed by atoms with E-state index in [1.54, 1.807) is 11.8 Å². The molecule has 5 nitrogen and oxygen atoms in total. The molecule has 3 rings (SSSR count). The summed E-state index contributed by atoms with van der Waals surface area (Å²) in [5.74, 6) is 1.19. The summed E-state index contributed by atoms with van der Waals surface area (Å²) in [7, 11) is 0. The van der Waals surface area contributed by atoms with Gasteiger partial charge in [-0.25, -0.2) is 0 Å². The van der Waals surface area contributed by atoms with Gasteiger partial charge in [-0.3, -0.25) is 9.79 Å². The Balaban J connectivity index is 1.63. The molecule has 0 aromatic rings. The van der Waals surface area contributed by atoms with E-state index in [0.717, 1.165) is 37.0 Å². The molecule has 6 heteroatoms. The molecule has 17 heavy (non-hydrogen) atoms. The number of thioether (sulfide) groups is 1. The Morgan fingerprint density at radius 3 is 2.94 bits per heavy atom. The predicted octanol–water partition coefficient (Wildman–Crippen LogP) is 0.116. The van der Waals surface area contributed by atoms with E-state index < -0.39 is 0 Å². The van der Waals surface area contributed by atoms with Crippen molar-refractivity contribution in [3.63, 3.8) is 0 Å². The van der Waals surface area contributed by atoms with E-state index in [1.807, 2.05) is 0 Å².